The zero-order valence-corrected chi connectivity index (χ0v) is 7.97. The molecule has 0 radical (unpaired) electrons. The van der Waals surface area contributed by atoms with Gasteiger partial charge in [-0.25, -0.2) is 0 Å². The van der Waals surface area contributed by atoms with E-state index in [9.17, 15) is 4.79 Å². The van der Waals surface area contributed by atoms with Gasteiger partial charge in [0.25, 0.3) is 0 Å². The summed E-state index contributed by atoms with van der Waals surface area (Å²) in [5, 5.41) is -0.0308. The van der Waals surface area contributed by atoms with Gasteiger partial charge in [0.05, 0.1) is 11.4 Å². The van der Waals surface area contributed by atoms with Crippen molar-refractivity contribution in [2.75, 3.05) is 5.75 Å². The number of fused-ring (bicyclic) bond motifs is 1. The van der Waals surface area contributed by atoms with E-state index in [-0.39, 0.29) is 17.5 Å². The molecule has 0 unspecified atom stereocenters. The molecule has 3 atom stereocenters. The first-order chi connectivity index (χ1) is 5.62. The molecule has 68 valence electrons. The second-order valence-electron chi connectivity index (χ2n) is 3.57. The first-order valence-corrected chi connectivity index (χ1v) is 5.10. The van der Waals surface area contributed by atoms with Gasteiger partial charge in [0.2, 0.25) is 0 Å². The minimum atomic E-state index is -0.502. The van der Waals surface area contributed by atoms with Crippen LogP contribution in [0.15, 0.2) is 0 Å². The maximum Gasteiger partial charge on any atom is 0.163 e. The minimum absolute atomic E-state index is 0.0255. The van der Waals surface area contributed by atoms with Crippen molar-refractivity contribution in [1.82, 2.24) is 0 Å². The topological polar surface area (TPSA) is 35.5 Å². The SMILES string of the molecule is CC1(C)O[C@H]2[C@H](CS[C@@H]2C=O)O1. The molecule has 0 bridgehead atoms. The summed E-state index contributed by atoms with van der Waals surface area (Å²) in [5.74, 6) is 0.370. The van der Waals surface area contributed by atoms with Crippen LogP contribution in [-0.4, -0.2) is 35.3 Å². The molecule has 0 aromatic carbocycles. The van der Waals surface area contributed by atoms with Gasteiger partial charge in [-0.05, 0) is 13.8 Å². The Hall–Kier alpha value is -0.0600. The molecule has 2 aliphatic rings. The summed E-state index contributed by atoms with van der Waals surface area (Å²) in [4.78, 5) is 10.6. The van der Waals surface area contributed by atoms with Crippen molar-refractivity contribution in [3.63, 3.8) is 0 Å². The fourth-order valence-electron chi connectivity index (χ4n) is 1.69. The lowest BCUT2D eigenvalue weighted by Crippen LogP contribution is -2.28. The van der Waals surface area contributed by atoms with Gasteiger partial charge in [0, 0.05) is 5.75 Å². The second kappa shape index (κ2) is 2.72. The maximum atomic E-state index is 10.6. The zero-order chi connectivity index (χ0) is 8.77. The van der Waals surface area contributed by atoms with Gasteiger partial charge < -0.3 is 14.3 Å². The molecular formula is C8H12O3S. The Morgan fingerprint density at radius 3 is 2.92 bits per heavy atom. The summed E-state index contributed by atoms with van der Waals surface area (Å²) in [7, 11) is 0. The van der Waals surface area contributed by atoms with Crippen LogP contribution in [0.2, 0.25) is 0 Å². The molecule has 0 aromatic heterocycles. The van der Waals surface area contributed by atoms with Gasteiger partial charge >= 0.3 is 0 Å². The predicted molar refractivity (Wildman–Crippen MR) is 46.1 cm³/mol. The first-order valence-electron chi connectivity index (χ1n) is 4.05. The van der Waals surface area contributed by atoms with Crippen molar-refractivity contribution >= 4 is 18.0 Å². The van der Waals surface area contributed by atoms with Crippen LogP contribution in [0.3, 0.4) is 0 Å². The smallest absolute Gasteiger partial charge is 0.163 e. The molecule has 2 rings (SSSR count). The monoisotopic (exact) mass is 188 g/mol. The Morgan fingerprint density at radius 1 is 1.50 bits per heavy atom. The van der Waals surface area contributed by atoms with Crippen molar-refractivity contribution in [3.05, 3.63) is 0 Å². The van der Waals surface area contributed by atoms with Gasteiger partial charge in [-0.1, -0.05) is 0 Å². The third kappa shape index (κ3) is 1.28. The molecule has 2 fully saturated rings. The summed E-state index contributed by atoms with van der Waals surface area (Å²) in [6.07, 6.45) is 1.04. The van der Waals surface area contributed by atoms with E-state index in [4.69, 9.17) is 9.47 Å². The number of aldehydes is 1. The number of hydrogen-bond donors (Lipinski definition) is 0. The number of thioether (sulfide) groups is 1. The van der Waals surface area contributed by atoms with Crippen LogP contribution in [-0.2, 0) is 14.3 Å². The van der Waals surface area contributed by atoms with E-state index < -0.39 is 5.79 Å². The van der Waals surface area contributed by atoms with Crippen LogP contribution in [0.5, 0.6) is 0 Å². The summed E-state index contributed by atoms with van der Waals surface area (Å²) >= 11 is 1.62. The van der Waals surface area contributed by atoms with Crippen LogP contribution in [0.25, 0.3) is 0 Å². The molecule has 0 saturated carbocycles. The molecule has 0 spiro atoms. The first kappa shape index (κ1) is 8.53. The number of hydrogen-bond acceptors (Lipinski definition) is 4. The van der Waals surface area contributed by atoms with E-state index in [1.165, 1.54) is 0 Å². The molecule has 0 N–H and O–H groups in total. The summed E-state index contributed by atoms with van der Waals surface area (Å²) < 4.78 is 11.2. The highest BCUT2D eigenvalue weighted by Crippen LogP contribution is 2.40. The molecule has 0 amide bonds. The molecule has 2 heterocycles. The van der Waals surface area contributed by atoms with Gasteiger partial charge in [-0.2, -0.15) is 0 Å². The summed E-state index contributed by atoms with van der Waals surface area (Å²) in [6, 6.07) is 0. The third-order valence-corrected chi connectivity index (χ3v) is 3.42. The van der Waals surface area contributed by atoms with Crippen LogP contribution in [0, 0.1) is 0 Å². The molecule has 12 heavy (non-hydrogen) atoms. The maximum absolute atomic E-state index is 10.6. The fourth-order valence-corrected chi connectivity index (χ4v) is 2.86. The molecular weight excluding hydrogens is 176 g/mol. The average Bonchev–Trinajstić information content (AvgIpc) is 2.42. The molecule has 0 aliphatic carbocycles. The quantitative estimate of drug-likeness (QED) is 0.571. The molecule has 3 nitrogen and oxygen atoms in total. The van der Waals surface area contributed by atoms with Crippen LogP contribution < -0.4 is 0 Å². The van der Waals surface area contributed by atoms with Crippen LogP contribution in [0.1, 0.15) is 13.8 Å². The van der Waals surface area contributed by atoms with E-state index in [0.717, 1.165) is 12.0 Å². The number of carbonyl (C=O) groups is 1. The number of carbonyl (C=O) groups excluding carboxylic acids is 1. The Morgan fingerprint density at radius 2 is 2.25 bits per heavy atom. The highest BCUT2D eigenvalue weighted by molar-refractivity contribution is 8.00. The van der Waals surface area contributed by atoms with Gasteiger partial charge in [-0.15, -0.1) is 11.8 Å². The van der Waals surface area contributed by atoms with Crippen molar-refractivity contribution in [2.24, 2.45) is 0 Å². The zero-order valence-electron chi connectivity index (χ0n) is 7.15. The fraction of sp³-hybridized carbons (Fsp3) is 0.875. The Kier molecular flexibility index (Phi) is 1.93. The van der Waals surface area contributed by atoms with Gasteiger partial charge in [0.1, 0.15) is 12.4 Å². The molecule has 2 aliphatic heterocycles. The van der Waals surface area contributed by atoms with Crippen LogP contribution in [0.4, 0.5) is 0 Å². The molecule has 0 aromatic rings. The average molecular weight is 188 g/mol. The summed E-state index contributed by atoms with van der Waals surface area (Å²) in [5.41, 5.74) is 0. The standard InChI is InChI=1S/C8H12O3S/c1-8(2)10-5-4-12-6(3-9)7(5)11-8/h3,5-7H,4H2,1-2H3/t5-,6+,7-/m0/s1. The summed E-state index contributed by atoms with van der Waals surface area (Å²) in [6.45, 7) is 3.77. The Bertz CT molecular complexity index is 204. The third-order valence-electron chi connectivity index (χ3n) is 2.13. The normalized spacial score (nSPS) is 44.3. The highest BCUT2D eigenvalue weighted by atomic mass is 32.2. The van der Waals surface area contributed by atoms with Gasteiger partial charge in [-0.3, -0.25) is 0 Å². The highest BCUT2D eigenvalue weighted by Gasteiger charge is 2.49. The minimum Gasteiger partial charge on any atom is -0.344 e. The van der Waals surface area contributed by atoms with E-state index in [1.807, 2.05) is 13.8 Å². The second-order valence-corrected chi connectivity index (χ2v) is 4.78. The lowest BCUT2D eigenvalue weighted by atomic mass is 10.2. The number of ether oxygens (including phenoxy) is 2. The van der Waals surface area contributed by atoms with E-state index in [0.29, 0.717) is 0 Å². The Labute approximate surface area is 75.8 Å². The van der Waals surface area contributed by atoms with Crippen molar-refractivity contribution in [3.8, 4) is 0 Å². The van der Waals surface area contributed by atoms with E-state index in [2.05, 4.69) is 0 Å². The Balaban J connectivity index is 2.11. The van der Waals surface area contributed by atoms with Crippen molar-refractivity contribution in [1.29, 1.82) is 0 Å². The van der Waals surface area contributed by atoms with E-state index in [1.54, 1.807) is 11.8 Å². The van der Waals surface area contributed by atoms with Crippen LogP contribution >= 0.6 is 11.8 Å². The lowest BCUT2D eigenvalue weighted by Gasteiger charge is -2.19. The van der Waals surface area contributed by atoms with Crippen molar-refractivity contribution < 1.29 is 14.3 Å². The van der Waals surface area contributed by atoms with Gasteiger partial charge in [0.15, 0.2) is 5.79 Å². The molecule has 4 heteroatoms. The van der Waals surface area contributed by atoms with Crippen molar-refractivity contribution in [2.45, 2.75) is 37.1 Å². The lowest BCUT2D eigenvalue weighted by molar-refractivity contribution is -0.146. The largest absolute Gasteiger partial charge is 0.344 e. The van der Waals surface area contributed by atoms with E-state index >= 15 is 0 Å². The predicted octanol–water partition coefficient (Wildman–Crippen LogP) is 0.821. The molecule has 2 saturated heterocycles. The number of rotatable bonds is 1.